The van der Waals surface area contributed by atoms with Gasteiger partial charge in [0.05, 0.1) is 5.75 Å². The standard InChI is InChI=1S/C16H17N5OS2/c1-10-4-6-11(7-5-10)19-12(22)8-23-15-13-14(17-9-18-15)20-16(24-13)21(2)3/h4-7,9H,8H2,1-3H3,(H,19,22). The largest absolute Gasteiger partial charge is 0.354 e. The molecule has 124 valence electrons. The molecule has 1 aromatic carbocycles. The topological polar surface area (TPSA) is 71.0 Å². The van der Waals surface area contributed by atoms with Gasteiger partial charge >= 0.3 is 0 Å². The van der Waals surface area contributed by atoms with Crippen molar-refractivity contribution in [1.29, 1.82) is 0 Å². The van der Waals surface area contributed by atoms with Crippen LogP contribution in [0.15, 0.2) is 35.6 Å². The minimum atomic E-state index is -0.0621. The lowest BCUT2D eigenvalue weighted by Crippen LogP contribution is -2.14. The minimum Gasteiger partial charge on any atom is -0.354 e. The number of carbonyl (C=O) groups is 1. The van der Waals surface area contributed by atoms with Crippen molar-refractivity contribution in [2.45, 2.75) is 11.9 Å². The molecule has 0 aliphatic carbocycles. The molecular formula is C16H17N5OS2. The van der Waals surface area contributed by atoms with Gasteiger partial charge in [-0.3, -0.25) is 4.79 Å². The number of rotatable bonds is 5. The van der Waals surface area contributed by atoms with Crippen LogP contribution in [-0.4, -0.2) is 40.7 Å². The second-order valence-corrected chi connectivity index (χ2v) is 7.37. The van der Waals surface area contributed by atoms with E-state index in [1.165, 1.54) is 29.4 Å². The van der Waals surface area contributed by atoms with Crippen LogP contribution >= 0.6 is 23.1 Å². The highest BCUT2D eigenvalue weighted by molar-refractivity contribution is 8.00. The fourth-order valence-corrected chi connectivity index (χ4v) is 3.80. The van der Waals surface area contributed by atoms with Crippen molar-refractivity contribution >= 4 is 50.2 Å². The van der Waals surface area contributed by atoms with Crippen LogP contribution in [-0.2, 0) is 4.79 Å². The monoisotopic (exact) mass is 359 g/mol. The van der Waals surface area contributed by atoms with Crippen molar-refractivity contribution in [2.24, 2.45) is 0 Å². The van der Waals surface area contributed by atoms with Gasteiger partial charge in [-0.25, -0.2) is 9.97 Å². The van der Waals surface area contributed by atoms with E-state index in [1.54, 1.807) is 0 Å². The van der Waals surface area contributed by atoms with E-state index in [1.807, 2.05) is 50.2 Å². The van der Waals surface area contributed by atoms with Gasteiger partial charge in [-0.05, 0) is 19.1 Å². The van der Waals surface area contributed by atoms with Crippen molar-refractivity contribution in [3.05, 3.63) is 36.2 Å². The highest BCUT2D eigenvalue weighted by Crippen LogP contribution is 2.32. The van der Waals surface area contributed by atoms with Crippen molar-refractivity contribution < 1.29 is 4.79 Å². The average Bonchev–Trinajstić information content (AvgIpc) is 3.00. The zero-order valence-corrected chi connectivity index (χ0v) is 15.2. The first kappa shape index (κ1) is 16.7. The third kappa shape index (κ3) is 3.82. The van der Waals surface area contributed by atoms with Crippen LogP contribution in [0.25, 0.3) is 10.3 Å². The van der Waals surface area contributed by atoms with Crippen LogP contribution in [0.4, 0.5) is 10.8 Å². The summed E-state index contributed by atoms with van der Waals surface area (Å²) in [6, 6.07) is 7.73. The molecule has 24 heavy (non-hydrogen) atoms. The molecule has 0 radical (unpaired) electrons. The van der Waals surface area contributed by atoms with Gasteiger partial charge in [-0.1, -0.05) is 40.8 Å². The van der Waals surface area contributed by atoms with Crippen molar-refractivity contribution in [3.63, 3.8) is 0 Å². The predicted molar refractivity (Wildman–Crippen MR) is 100 cm³/mol. The molecule has 2 aromatic heterocycles. The van der Waals surface area contributed by atoms with Crippen LogP contribution < -0.4 is 10.2 Å². The van der Waals surface area contributed by atoms with Gasteiger partial charge in [0.2, 0.25) is 5.91 Å². The molecule has 0 spiro atoms. The van der Waals surface area contributed by atoms with E-state index in [0.29, 0.717) is 5.65 Å². The molecule has 3 aromatic rings. The summed E-state index contributed by atoms with van der Waals surface area (Å²) in [6.07, 6.45) is 1.49. The van der Waals surface area contributed by atoms with Crippen molar-refractivity contribution in [2.75, 3.05) is 30.1 Å². The van der Waals surface area contributed by atoms with E-state index in [4.69, 9.17) is 0 Å². The number of aryl methyl sites for hydroxylation is 1. The first-order chi connectivity index (χ1) is 11.5. The van der Waals surface area contributed by atoms with Gasteiger partial charge in [0.25, 0.3) is 0 Å². The molecule has 8 heteroatoms. The number of thiazole rings is 1. The lowest BCUT2D eigenvalue weighted by atomic mass is 10.2. The summed E-state index contributed by atoms with van der Waals surface area (Å²) in [7, 11) is 3.87. The number of amides is 1. The molecule has 0 unspecified atom stereocenters. The molecule has 2 heterocycles. The Morgan fingerprint density at radius 1 is 1.25 bits per heavy atom. The molecule has 0 saturated heterocycles. The number of aromatic nitrogens is 3. The van der Waals surface area contributed by atoms with Crippen LogP contribution in [0, 0.1) is 6.92 Å². The Kier molecular flexibility index (Phi) is 4.96. The Hall–Kier alpha value is -2.19. The minimum absolute atomic E-state index is 0.0621. The number of hydrogen-bond donors (Lipinski definition) is 1. The number of benzene rings is 1. The van der Waals surface area contributed by atoms with Gasteiger partial charge in [0.15, 0.2) is 10.8 Å². The first-order valence-electron chi connectivity index (χ1n) is 7.31. The Bertz CT molecular complexity index is 861. The summed E-state index contributed by atoms with van der Waals surface area (Å²) in [6.45, 7) is 2.01. The summed E-state index contributed by atoms with van der Waals surface area (Å²) in [5.41, 5.74) is 2.62. The van der Waals surface area contributed by atoms with E-state index < -0.39 is 0 Å². The maximum Gasteiger partial charge on any atom is 0.234 e. The third-order valence-electron chi connectivity index (χ3n) is 3.21. The zero-order chi connectivity index (χ0) is 17.1. The molecule has 1 amide bonds. The predicted octanol–water partition coefficient (Wildman–Crippen LogP) is 3.19. The Morgan fingerprint density at radius 3 is 2.71 bits per heavy atom. The molecule has 6 nitrogen and oxygen atoms in total. The van der Waals surface area contributed by atoms with Gasteiger partial charge in [-0.2, -0.15) is 4.98 Å². The number of hydrogen-bond acceptors (Lipinski definition) is 7. The van der Waals surface area contributed by atoms with Gasteiger partial charge in [0.1, 0.15) is 16.1 Å². The number of thioether (sulfide) groups is 1. The lowest BCUT2D eigenvalue weighted by molar-refractivity contribution is -0.113. The van der Waals surface area contributed by atoms with Gasteiger partial charge in [0, 0.05) is 19.8 Å². The first-order valence-corrected chi connectivity index (χ1v) is 9.11. The number of fused-ring (bicyclic) bond motifs is 1. The van der Waals surface area contributed by atoms with Crippen LogP contribution in [0.2, 0.25) is 0 Å². The Balaban J connectivity index is 1.68. The number of nitrogens with zero attached hydrogens (tertiary/aromatic N) is 4. The Labute approximate surface area is 148 Å². The van der Waals surface area contributed by atoms with E-state index in [0.717, 1.165) is 26.1 Å². The van der Waals surface area contributed by atoms with Gasteiger partial charge < -0.3 is 10.2 Å². The van der Waals surface area contributed by atoms with E-state index in [-0.39, 0.29) is 11.7 Å². The van der Waals surface area contributed by atoms with E-state index in [2.05, 4.69) is 20.3 Å². The van der Waals surface area contributed by atoms with Crippen LogP contribution in [0.5, 0.6) is 0 Å². The van der Waals surface area contributed by atoms with Crippen LogP contribution in [0.3, 0.4) is 0 Å². The smallest absolute Gasteiger partial charge is 0.234 e. The highest BCUT2D eigenvalue weighted by atomic mass is 32.2. The number of carbonyl (C=O) groups excluding carboxylic acids is 1. The molecule has 3 rings (SSSR count). The molecule has 0 aliphatic heterocycles. The Morgan fingerprint density at radius 2 is 2.00 bits per heavy atom. The summed E-state index contributed by atoms with van der Waals surface area (Å²) in [4.78, 5) is 27.0. The quantitative estimate of drug-likeness (QED) is 0.557. The number of nitrogens with one attached hydrogen (secondary N) is 1. The van der Waals surface area contributed by atoms with Gasteiger partial charge in [-0.15, -0.1) is 0 Å². The molecule has 0 saturated carbocycles. The maximum absolute atomic E-state index is 12.1. The average molecular weight is 359 g/mol. The van der Waals surface area contributed by atoms with Crippen molar-refractivity contribution in [3.8, 4) is 0 Å². The second kappa shape index (κ2) is 7.14. The fraction of sp³-hybridized carbons (Fsp3) is 0.250. The fourth-order valence-electron chi connectivity index (χ4n) is 1.98. The zero-order valence-electron chi connectivity index (χ0n) is 13.6. The molecule has 0 aliphatic rings. The van der Waals surface area contributed by atoms with Crippen molar-refractivity contribution in [1.82, 2.24) is 15.0 Å². The normalized spacial score (nSPS) is 10.8. The molecule has 1 N–H and O–H groups in total. The maximum atomic E-state index is 12.1. The van der Waals surface area contributed by atoms with Crippen LogP contribution in [0.1, 0.15) is 5.56 Å². The second-order valence-electron chi connectivity index (χ2n) is 5.43. The number of anilines is 2. The van der Waals surface area contributed by atoms with E-state index in [9.17, 15) is 4.79 Å². The SMILES string of the molecule is Cc1ccc(NC(=O)CSc2ncnc3nc(N(C)C)sc23)cc1. The highest BCUT2D eigenvalue weighted by Gasteiger charge is 2.13. The molecule has 0 fully saturated rings. The lowest BCUT2D eigenvalue weighted by Gasteiger charge is -2.05. The van der Waals surface area contributed by atoms with E-state index >= 15 is 0 Å². The third-order valence-corrected chi connectivity index (χ3v) is 5.54. The summed E-state index contributed by atoms with van der Waals surface area (Å²) in [5.74, 6) is 0.225. The molecule has 0 bridgehead atoms. The summed E-state index contributed by atoms with van der Waals surface area (Å²) >= 11 is 2.92. The molecular weight excluding hydrogens is 342 g/mol. The molecule has 0 atom stereocenters. The summed E-state index contributed by atoms with van der Waals surface area (Å²) in [5, 5.41) is 4.54. The summed E-state index contributed by atoms with van der Waals surface area (Å²) < 4.78 is 0.911.